The molecule has 0 aliphatic carbocycles. The molecule has 1 N–H and O–H groups in total. The van der Waals surface area contributed by atoms with Gasteiger partial charge in [-0.05, 0) is 36.1 Å². The molecule has 2 aromatic carbocycles. The van der Waals surface area contributed by atoms with Crippen molar-refractivity contribution < 1.29 is 9.50 Å². The van der Waals surface area contributed by atoms with Gasteiger partial charge in [-0.25, -0.2) is 9.18 Å². The summed E-state index contributed by atoms with van der Waals surface area (Å²) in [6.45, 7) is 1.94. The molecule has 118 valence electrons. The third-order valence-electron chi connectivity index (χ3n) is 3.28. The number of halogens is 2. The minimum atomic E-state index is -0.586. The first-order chi connectivity index (χ1) is 11.0. The Hall–Kier alpha value is -2.05. The lowest BCUT2D eigenvalue weighted by Crippen LogP contribution is -2.22. The van der Waals surface area contributed by atoms with Crippen LogP contribution in [0.4, 0.5) is 4.39 Å². The van der Waals surface area contributed by atoms with E-state index in [1.165, 1.54) is 40.6 Å². The summed E-state index contributed by atoms with van der Waals surface area (Å²) in [4.78, 5) is 16.5. The molecule has 1 heterocycles. The molecule has 0 aliphatic rings. The number of thioether (sulfide) groups is 1. The smallest absolute Gasteiger partial charge is 0.353 e. The van der Waals surface area contributed by atoms with Gasteiger partial charge in [0.1, 0.15) is 16.6 Å². The first-order valence-corrected chi connectivity index (χ1v) is 8.21. The summed E-state index contributed by atoms with van der Waals surface area (Å²) in [6, 6.07) is 8.52. The molecule has 0 spiro atoms. The van der Waals surface area contributed by atoms with Crippen molar-refractivity contribution in [3.8, 4) is 11.4 Å². The van der Waals surface area contributed by atoms with Gasteiger partial charge in [0.05, 0.1) is 11.2 Å². The minimum Gasteiger partial charge on any atom is -0.506 e. The van der Waals surface area contributed by atoms with E-state index in [-0.39, 0.29) is 11.4 Å². The van der Waals surface area contributed by atoms with Gasteiger partial charge >= 0.3 is 5.69 Å². The number of phenols is 1. The van der Waals surface area contributed by atoms with Crippen molar-refractivity contribution in [2.45, 2.75) is 11.9 Å². The predicted octanol–water partition coefficient (Wildman–Crippen LogP) is 4.00. The van der Waals surface area contributed by atoms with Crippen LogP contribution < -0.4 is 5.69 Å². The van der Waals surface area contributed by atoms with Crippen LogP contribution >= 0.6 is 23.4 Å². The average Bonchev–Trinajstić information content (AvgIpc) is 2.49. The zero-order chi connectivity index (χ0) is 16.6. The SMILES string of the molecule is CCSc1nc(=O)n(-c2ccc(Cl)cc2O)c2cc(F)ccc12. The Kier molecular flexibility index (Phi) is 4.28. The van der Waals surface area contributed by atoms with Crippen molar-refractivity contribution in [3.05, 3.63) is 57.7 Å². The molecule has 4 nitrogen and oxygen atoms in total. The lowest BCUT2D eigenvalue weighted by molar-refractivity contribution is 0.472. The number of nitrogens with zero attached hydrogens (tertiary/aromatic N) is 2. The van der Waals surface area contributed by atoms with E-state index < -0.39 is 11.5 Å². The summed E-state index contributed by atoms with van der Waals surface area (Å²) < 4.78 is 14.9. The number of fused-ring (bicyclic) bond motifs is 1. The van der Waals surface area contributed by atoms with E-state index in [1.807, 2.05) is 6.92 Å². The van der Waals surface area contributed by atoms with Crippen LogP contribution in [-0.2, 0) is 0 Å². The van der Waals surface area contributed by atoms with Gasteiger partial charge in [0.2, 0.25) is 0 Å². The lowest BCUT2D eigenvalue weighted by atomic mass is 10.2. The van der Waals surface area contributed by atoms with E-state index in [0.717, 1.165) is 5.75 Å². The molecular formula is C16H12ClFN2O2S. The molecule has 0 fully saturated rings. The molecule has 0 aliphatic heterocycles. The highest BCUT2D eigenvalue weighted by Crippen LogP contribution is 2.30. The average molecular weight is 351 g/mol. The quantitative estimate of drug-likeness (QED) is 0.573. The Balaban J connectivity index is 2.41. The van der Waals surface area contributed by atoms with Crippen LogP contribution in [-0.4, -0.2) is 20.4 Å². The van der Waals surface area contributed by atoms with Gasteiger partial charge in [-0.15, -0.1) is 11.8 Å². The molecule has 0 radical (unpaired) electrons. The van der Waals surface area contributed by atoms with Crippen molar-refractivity contribution in [2.75, 3.05) is 5.75 Å². The van der Waals surface area contributed by atoms with Gasteiger partial charge in [-0.2, -0.15) is 4.98 Å². The highest BCUT2D eigenvalue weighted by Gasteiger charge is 2.15. The summed E-state index contributed by atoms with van der Waals surface area (Å²) in [5, 5.41) is 11.6. The van der Waals surface area contributed by atoms with Crippen molar-refractivity contribution in [2.24, 2.45) is 0 Å². The number of phenolic OH excluding ortho intramolecular Hbond substituents is 1. The van der Waals surface area contributed by atoms with Gasteiger partial charge in [0.25, 0.3) is 0 Å². The molecule has 0 saturated carbocycles. The standard InChI is InChI=1S/C16H12ClFN2O2S/c1-2-23-15-11-5-4-10(18)8-13(11)20(16(22)19-15)12-6-3-9(17)7-14(12)21/h3-8,21H,2H2,1H3. The van der Waals surface area contributed by atoms with Gasteiger partial charge in [0, 0.05) is 16.5 Å². The maximum atomic E-state index is 13.7. The second-order valence-electron chi connectivity index (χ2n) is 4.76. The van der Waals surface area contributed by atoms with Crippen LogP contribution in [0, 0.1) is 5.82 Å². The topological polar surface area (TPSA) is 55.1 Å². The van der Waals surface area contributed by atoms with Crippen molar-refractivity contribution in [3.63, 3.8) is 0 Å². The fourth-order valence-electron chi connectivity index (χ4n) is 2.34. The van der Waals surface area contributed by atoms with E-state index in [1.54, 1.807) is 12.1 Å². The molecule has 0 atom stereocenters. The molecule has 23 heavy (non-hydrogen) atoms. The number of benzene rings is 2. The summed E-state index contributed by atoms with van der Waals surface area (Å²) >= 11 is 7.23. The first-order valence-electron chi connectivity index (χ1n) is 6.85. The number of hydrogen-bond acceptors (Lipinski definition) is 4. The Morgan fingerprint density at radius 3 is 2.78 bits per heavy atom. The van der Waals surface area contributed by atoms with E-state index in [4.69, 9.17) is 11.6 Å². The third-order valence-corrected chi connectivity index (χ3v) is 4.39. The van der Waals surface area contributed by atoms with Crippen LogP contribution in [0.15, 0.2) is 46.2 Å². The monoisotopic (exact) mass is 350 g/mol. The van der Waals surface area contributed by atoms with Crippen LogP contribution in [0.3, 0.4) is 0 Å². The van der Waals surface area contributed by atoms with Crippen LogP contribution in [0.25, 0.3) is 16.6 Å². The normalized spacial score (nSPS) is 11.1. The predicted molar refractivity (Wildman–Crippen MR) is 90.4 cm³/mol. The molecule has 1 aromatic heterocycles. The highest BCUT2D eigenvalue weighted by molar-refractivity contribution is 7.99. The largest absolute Gasteiger partial charge is 0.506 e. The van der Waals surface area contributed by atoms with E-state index in [0.29, 0.717) is 21.0 Å². The van der Waals surface area contributed by atoms with Gasteiger partial charge in [0.15, 0.2) is 0 Å². The maximum absolute atomic E-state index is 13.7. The van der Waals surface area contributed by atoms with E-state index in [2.05, 4.69) is 4.98 Å². The second kappa shape index (κ2) is 6.22. The molecule has 0 saturated heterocycles. The fourth-order valence-corrected chi connectivity index (χ4v) is 3.25. The summed E-state index contributed by atoms with van der Waals surface area (Å²) in [6.07, 6.45) is 0. The third kappa shape index (κ3) is 2.92. The lowest BCUT2D eigenvalue weighted by Gasteiger charge is -2.13. The van der Waals surface area contributed by atoms with Gasteiger partial charge < -0.3 is 5.11 Å². The van der Waals surface area contributed by atoms with E-state index in [9.17, 15) is 14.3 Å². The molecular weight excluding hydrogens is 339 g/mol. The fraction of sp³-hybridized carbons (Fsp3) is 0.125. The van der Waals surface area contributed by atoms with Crippen molar-refractivity contribution in [1.29, 1.82) is 0 Å². The van der Waals surface area contributed by atoms with Crippen LogP contribution in [0.5, 0.6) is 5.75 Å². The highest BCUT2D eigenvalue weighted by atomic mass is 35.5. The molecule has 3 aromatic rings. The van der Waals surface area contributed by atoms with Crippen LogP contribution in [0.1, 0.15) is 6.92 Å². The molecule has 0 unspecified atom stereocenters. The van der Waals surface area contributed by atoms with Gasteiger partial charge in [-0.3, -0.25) is 4.57 Å². The van der Waals surface area contributed by atoms with Crippen LogP contribution in [0.2, 0.25) is 5.02 Å². The summed E-state index contributed by atoms with van der Waals surface area (Å²) in [5.74, 6) is 0.0791. The Labute approximate surface area is 140 Å². The Bertz CT molecular complexity index is 959. The first kappa shape index (κ1) is 15.8. The molecule has 0 bridgehead atoms. The number of aromatic nitrogens is 2. The van der Waals surface area contributed by atoms with Crippen molar-refractivity contribution >= 4 is 34.3 Å². The number of aromatic hydroxyl groups is 1. The zero-order valence-corrected chi connectivity index (χ0v) is 13.7. The van der Waals surface area contributed by atoms with Crippen molar-refractivity contribution in [1.82, 2.24) is 9.55 Å². The van der Waals surface area contributed by atoms with Gasteiger partial charge in [-0.1, -0.05) is 18.5 Å². The maximum Gasteiger partial charge on any atom is 0.353 e. The summed E-state index contributed by atoms with van der Waals surface area (Å²) in [5.41, 5.74) is -0.0363. The number of rotatable bonds is 3. The minimum absolute atomic E-state index is 0.178. The zero-order valence-electron chi connectivity index (χ0n) is 12.1. The van der Waals surface area contributed by atoms with E-state index >= 15 is 0 Å². The molecule has 7 heteroatoms. The molecule has 3 rings (SSSR count). The molecule has 0 amide bonds. The number of hydrogen-bond donors (Lipinski definition) is 1. The Morgan fingerprint density at radius 1 is 1.30 bits per heavy atom. The Morgan fingerprint density at radius 2 is 2.09 bits per heavy atom. The second-order valence-corrected chi connectivity index (χ2v) is 6.45. The summed E-state index contributed by atoms with van der Waals surface area (Å²) in [7, 11) is 0.